The van der Waals surface area contributed by atoms with Gasteiger partial charge in [0.05, 0.1) is 16.6 Å². The van der Waals surface area contributed by atoms with Crippen molar-refractivity contribution in [3.8, 4) is 5.75 Å². The average Bonchev–Trinajstić information content (AvgIpc) is 3.47. The molecule has 5 aromatic rings. The van der Waals surface area contributed by atoms with Gasteiger partial charge < -0.3 is 4.74 Å². The highest BCUT2D eigenvalue weighted by atomic mass is 35.5. The molecule has 0 unspecified atom stereocenters. The lowest BCUT2D eigenvalue weighted by Crippen LogP contribution is -2.22. The number of benzene rings is 2. The zero-order valence-electron chi connectivity index (χ0n) is 17.3. The topological polar surface area (TPSA) is 74.3 Å². The van der Waals surface area contributed by atoms with Crippen LogP contribution in [0.5, 0.6) is 5.75 Å². The zero-order valence-corrected chi connectivity index (χ0v) is 19.7. The van der Waals surface area contributed by atoms with Gasteiger partial charge in [-0.2, -0.15) is 0 Å². The molecule has 3 aromatic heterocycles. The van der Waals surface area contributed by atoms with Crippen LogP contribution < -0.4 is 10.3 Å². The van der Waals surface area contributed by atoms with Crippen molar-refractivity contribution in [2.24, 2.45) is 0 Å². The van der Waals surface area contributed by atoms with E-state index in [0.717, 1.165) is 22.0 Å². The third-order valence-electron chi connectivity index (χ3n) is 4.91. The molecule has 166 valence electrons. The van der Waals surface area contributed by atoms with Crippen molar-refractivity contribution in [1.82, 2.24) is 24.1 Å². The Kier molecular flexibility index (Phi) is 6.17. The molecule has 7 nitrogen and oxygen atoms in total. The summed E-state index contributed by atoms with van der Waals surface area (Å²) in [6.07, 6.45) is 1.68. The molecular formula is C23H18ClN5O2S2. The zero-order chi connectivity index (χ0) is 22.8. The van der Waals surface area contributed by atoms with Crippen molar-refractivity contribution in [3.63, 3.8) is 0 Å². The molecule has 0 aliphatic carbocycles. The Labute approximate surface area is 202 Å². The van der Waals surface area contributed by atoms with Crippen LogP contribution in [0.15, 0.2) is 76.5 Å². The fraction of sp³-hybridized carbons (Fsp3) is 0.130. The van der Waals surface area contributed by atoms with E-state index in [4.69, 9.17) is 16.3 Å². The van der Waals surface area contributed by atoms with Crippen molar-refractivity contribution in [3.05, 3.63) is 92.6 Å². The van der Waals surface area contributed by atoms with Crippen molar-refractivity contribution >= 4 is 51.4 Å². The number of halogens is 1. The third kappa shape index (κ3) is 4.39. The van der Waals surface area contributed by atoms with E-state index in [9.17, 15) is 4.79 Å². The second kappa shape index (κ2) is 9.38. The molecule has 0 spiro atoms. The summed E-state index contributed by atoms with van der Waals surface area (Å²) < 4.78 is 9.28. The van der Waals surface area contributed by atoms with Gasteiger partial charge in [-0.25, -0.2) is 4.98 Å². The Morgan fingerprint density at radius 3 is 2.79 bits per heavy atom. The van der Waals surface area contributed by atoms with E-state index in [1.54, 1.807) is 34.1 Å². The predicted octanol–water partition coefficient (Wildman–Crippen LogP) is 5.21. The van der Waals surface area contributed by atoms with Gasteiger partial charge in [-0.3, -0.25) is 13.8 Å². The SMILES string of the molecule is C=CCn1c(=O)c2ccccc2n2c(SCc3csc(COc4ccc(Cl)cc4)n3)nnc12. The average molecular weight is 496 g/mol. The standard InChI is InChI=1S/C23H18ClN5O2S2/c1-2-11-28-21(30)18-5-3-4-6-19(18)29-22(28)26-27-23(29)33-14-16-13-32-20(25-16)12-31-17-9-7-15(24)8-10-17/h2-10,13H,1,11-12,14H2. The van der Waals surface area contributed by atoms with E-state index in [1.807, 2.05) is 46.2 Å². The fourth-order valence-corrected chi connectivity index (χ4v) is 5.19. The van der Waals surface area contributed by atoms with Gasteiger partial charge in [-0.05, 0) is 36.4 Å². The van der Waals surface area contributed by atoms with Gasteiger partial charge in [-0.1, -0.05) is 41.6 Å². The number of hydrogen-bond acceptors (Lipinski definition) is 7. The number of fused-ring (bicyclic) bond motifs is 3. The minimum Gasteiger partial charge on any atom is -0.486 e. The van der Waals surface area contributed by atoms with Gasteiger partial charge in [0.2, 0.25) is 5.78 Å². The molecule has 0 radical (unpaired) electrons. The van der Waals surface area contributed by atoms with Crippen LogP contribution in [0.3, 0.4) is 0 Å². The van der Waals surface area contributed by atoms with Crippen LogP contribution in [0, 0.1) is 0 Å². The summed E-state index contributed by atoms with van der Waals surface area (Å²) >= 11 is 8.98. The number of para-hydroxylation sites is 1. The monoisotopic (exact) mass is 495 g/mol. The highest BCUT2D eigenvalue weighted by Crippen LogP contribution is 2.26. The number of rotatable bonds is 8. The molecular weight excluding hydrogens is 478 g/mol. The maximum atomic E-state index is 12.9. The van der Waals surface area contributed by atoms with E-state index in [1.165, 1.54) is 11.8 Å². The Balaban J connectivity index is 1.37. The second-order valence-corrected chi connectivity index (χ2v) is 9.43. The number of aromatic nitrogens is 5. The quantitative estimate of drug-likeness (QED) is 0.217. The molecule has 33 heavy (non-hydrogen) atoms. The lowest BCUT2D eigenvalue weighted by atomic mass is 10.2. The fourth-order valence-electron chi connectivity index (χ4n) is 3.42. The molecule has 2 aromatic carbocycles. The van der Waals surface area contributed by atoms with E-state index in [-0.39, 0.29) is 5.56 Å². The van der Waals surface area contributed by atoms with Crippen LogP contribution in [-0.4, -0.2) is 24.1 Å². The molecule has 0 N–H and O–H groups in total. The van der Waals surface area contributed by atoms with E-state index < -0.39 is 0 Å². The molecule has 0 atom stereocenters. The van der Waals surface area contributed by atoms with E-state index in [0.29, 0.717) is 40.2 Å². The summed E-state index contributed by atoms with van der Waals surface area (Å²) in [6.45, 7) is 4.51. The predicted molar refractivity (Wildman–Crippen MR) is 132 cm³/mol. The first kappa shape index (κ1) is 21.7. The molecule has 0 saturated carbocycles. The third-order valence-corrected chi connectivity index (χ3v) is 7.00. The number of thiazole rings is 1. The van der Waals surface area contributed by atoms with Crippen LogP contribution in [0.2, 0.25) is 5.02 Å². The van der Waals surface area contributed by atoms with Crippen molar-refractivity contribution in [2.45, 2.75) is 24.1 Å². The van der Waals surface area contributed by atoms with Gasteiger partial charge >= 0.3 is 0 Å². The largest absolute Gasteiger partial charge is 0.486 e. The van der Waals surface area contributed by atoms with Gasteiger partial charge in [0, 0.05) is 22.7 Å². The molecule has 0 amide bonds. The van der Waals surface area contributed by atoms with Crippen LogP contribution >= 0.6 is 34.7 Å². The molecule has 0 saturated heterocycles. The number of nitrogens with zero attached hydrogens (tertiary/aromatic N) is 5. The number of ether oxygens (including phenoxy) is 1. The molecule has 10 heteroatoms. The maximum absolute atomic E-state index is 12.9. The van der Waals surface area contributed by atoms with Crippen molar-refractivity contribution in [2.75, 3.05) is 0 Å². The summed E-state index contributed by atoms with van der Waals surface area (Å²) in [5, 5.41) is 13.5. The summed E-state index contributed by atoms with van der Waals surface area (Å²) in [4.78, 5) is 17.6. The highest BCUT2D eigenvalue weighted by Gasteiger charge is 2.16. The van der Waals surface area contributed by atoms with Crippen LogP contribution in [0.4, 0.5) is 0 Å². The van der Waals surface area contributed by atoms with Gasteiger partial charge in [0.25, 0.3) is 5.56 Å². The minimum atomic E-state index is -0.105. The first-order valence-corrected chi connectivity index (χ1v) is 12.3. The summed E-state index contributed by atoms with van der Waals surface area (Å²) in [6, 6.07) is 14.7. The van der Waals surface area contributed by atoms with Crippen molar-refractivity contribution < 1.29 is 4.74 Å². The number of allylic oxidation sites excluding steroid dienone is 1. The van der Waals surface area contributed by atoms with E-state index >= 15 is 0 Å². The first-order valence-electron chi connectivity index (χ1n) is 10.1. The Hall–Kier alpha value is -3.14. The highest BCUT2D eigenvalue weighted by molar-refractivity contribution is 7.98. The van der Waals surface area contributed by atoms with E-state index in [2.05, 4.69) is 21.8 Å². The van der Waals surface area contributed by atoms with Crippen LogP contribution in [0.25, 0.3) is 16.7 Å². The smallest absolute Gasteiger partial charge is 0.263 e. The lowest BCUT2D eigenvalue weighted by Gasteiger charge is -2.09. The number of hydrogen-bond donors (Lipinski definition) is 0. The molecule has 0 bridgehead atoms. The lowest BCUT2D eigenvalue weighted by molar-refractivity contribution is 0.305. The minimum absolute atomic E-state index is 0.105. The maximum Gasteiger partial charge on any atom is 0.263 e. The van der Waals surface area contributed by atoms with Gasteiger partial charge in [0.1, 0.15) is 17.4 Å². The first-order chi connectivity index (χ1) is 16.1. The summed E-state index contributed by atoms with van der Waals surface area (Å²) in [7, 11) is 0. The second-order valence-electron chi connectivity index (χ2n) is 7.10. The summed E-state index contributed by atoms with van der Waals surface area (Å²) in [5.41, 5.74) is 1.60. The summed E-state index contributed by atoms with van der Waals surface area (Å²) in [5.74, 6) is 1.86. The molecule has 0 aliphatic rings. The van der Waals surface area contributed by atoms with Gasteiger partial charge in [0.15, 0.2) is 5.16 Å². The molecule has 3 heterocycles. The van der Waals surface area contributed by atoms with Crippen LogP contribution in [0.1, 0.15) is 10.7 Å². The molecule has 5 rings (SSSR count). The van der Waals surface area contributed by atoms with Crippen LogP contribution in [-0.2, 0) is 18.9 Å². The molecule has 0 aliphatic heterocycles. The molecule has 0 fully saturated rings. The number of thioether (sulfide) groups is 1. The Bertz CT molecular complexity index is 1510. The van der Waals surface area contributed by atoms with Crippen molar-refractivity contribution in [1.29, 1.82) is 0 Å². The Morgan fingerprint density at radius 2 is 1.97 bits per heavy atom. The Morgan fingerprint density at radius 1 is 1.15 bits per heavy atom. The van der Waals surface area contributed by atoms with Gasteiger partial charge in [-0.15, -0.1) is 28.1 Å². The normalized spacial score (nSPS) is 11.3.